The standard InChI is InChI=1S/C23H20FN5O3S/c1-31-19-11-12-21(32-2)20(13-19)25-22(30)16-5-9-18(10-6-16)29-23(26-27-28-29)33-14-15-3-7-17(24)8-4-15/h3-13H,14H2,1-2H3,(H,25,30). The van der Waals surface area contributed by atoms with E-state index in [2.05, 4.69) is 20.8 Å². The predicted molar refractivity (Wildman–Crippen MR) is 123 cm³/mol. The number of hydrogen-bond donors (Lipinski definition) is 1. The second-order valence-corrected chi connectivity index (χ2v) is 7.80. The van der Waals surface area contributed by atoms with E-state index in [1.165, 1.54) is 31.0 Å². The highest BCUT2D eigenvalue weighted by molar-refractivity contribution is 7.98. The maximum Gasteiger partial charge on any atom is 0.255 e. The lowest BCUT2D eigenvalue weighted by Crippen LogP contribution is -2.13. The molecule has 0 spiro atoms. The Balaban J connectivity index is 1.46. The van der Waals surface area contributed by atoms with E-state index in [1.807, 2.05) is 0 Å². The largest absolute Gasteiger partial charge is 0.497 e. The van der Waals surface area contributed by atoms with Crippen molar-refractivity contribution in [3.05, 3.63) is 83.7 Å². The van der Waals surface area contributed by atoms with Crippen molar-refractivity contribution < 1.29 is 18.7 Å². The van der Waals surface area contributed by atoms with Crippen LogP contribution in [0.1, 0.15) is 15.9 Å². The van der Waals surface area contributed by atoms with Crippen molar-refractivity contribution in [1.82, 2.24) is 20.2 Å². The van der Waals surface area contributed by atoms with Gasteiger partial charge >= 0.3 is 0 Å². The average molecular weight is 466 g/mol. The monoisotopic (exact) mass is 465 g/mol. The number of carbonyl (C=O) groups excluding carboxylic acids is 1. The lowest BCUT2D eigenvalue weighted by molar-refractivity contribution is 0.102. The van der Waals surface area contributed by atoms with Crippen LogP contribution in [0.4, 0.5) is 10.1 Å². The Bertz CT molecular complexity index is 1250. The van der Waals surface area contributed by atoms with E-state index < -0.39 is 0 Å². The number of halogens is 1. The van der Waals surface area contributed by atoms with Gasteiger partial charge in [0.25, 0.3) is 5.91 Å². The molecule has 0 radical (unpaired) electrons. The van der Waals surface area contributed by atoms with Gasteiger partial charge in [0.2, 0.25) is 5.16 Å². The molecule has 0 fully saturated rings. The van der Waals surface area contributed by atoms with E-state index in [4.69, 9.17) is 9.47 Å². The van der Waals surface area contributed by atoms with Crippen LogP contribution in [0.25, 0.3) is 5.69 Å². The fraction of sp³-hybridized carbons (Fsp3) is 0.130. The summed E-state index contributed by atoms with van der Waals surface area (Å²) in [7, 11) is 3.08. The highest BCUT2D eigenvalue weighted by atomic mass is 32.2. The number of carbonyl (C=O) groups is 1. The van der Waals surface area contributed by atoms with Crippen LogP contribution in [0, 0.1) is 5.82 Å². The van der Waals surface area contributed by atoms with Crippen LogP contribution in [0.5, 0.6) is 11.5 Å². The number of benzene rings is 3. The third-order valence-corrected chi connectivity index (χ3v) is 5.74. The molecule has 1 heterocycles. The van der Waals surface area contributed by atoms with Crippen molar-refractivity contribution in [2.45, 2.75) is 10.9 Å². The number of aromatic nitrogens is 4. The predicted octanol–water partition coefficient (Wildman–Crippen LogP) is 4.36. The zero-order chi connectivity index (χ0) is 23.2. The first-order chi connectivity index (χ1) is 16.1. The smallest absolute Gasteiger partial charge is 0.255 e. The summed E-state index contributed by atoms with van der Waals surface area (Å²) in [6.45, 7) is 0. The first-order valence-corrected chi connectivity index (χ1v) is 10.9. The average Bonchev–Trinajstić information content (AvgIpc) is 3.32. The van der Waals surface area contributed by atoms with E-state index in [9.17, 15) is 9.18 Å². The molecule has 10 heteroatoms. The van der Waals surface area contributed by atoms with Crippen LogP contribution in [0.3, 0.4) is 0 Å². The summed E-state index contributed by atoms with van der Waals surface area (Å²) in [6, 6.07) is 18.3. The van der Waals surface area contributed by atoms with E-state index in [0.717, 1.165) is 5.56 Å². The molecule has 0 aliphatic heterocycles. The number of ether oxygens (including phenoxy) is 2. The molecule has 4 aromatic rings. The molecule has 8 nitrogen and oxygen atoms in total. The molecule has 33 heavy (non-hydrogen) atoms. The van der Waals surface area contributed by atoms with Gasteiger partial charge < -0.3 is 14.8 Å². The summed E-state index contributed by atoms with van der Waals surface area (Å²) in [5.74, 6) is 1.14. The van der Waals surface area contributed by atoms with Gasteiger partial charge in [-0.25, -0.2) is 4.39 Å². The van der Waals surface area contributed by atoms with Crippen LogP contribution in [-0.4, -0.2) is 40.3 Å². The van der Waals surface area contributed by atoms with Gasteiger partial charge in [0.1, 0.15) is 17.3 Å². The Morgan fingerprint density at radius 3 is 2.48 bits per heavy atom. The number of rotatable bonds is 8. The van der Waals surface area contributed by atoms with Crippen LogP contribution >= 0.6 is 11.8 Å². The minimum absolute atomic E-state index is 0.275. The second-order valence-electron chi connectivity index (χ2n) is 6.86. The molecule has 1 amide bonds. The van der Waals surface area contributed by atoms with Gasteiger partial charge in [0, 0.05) is 17.4 Å². The van der Waals surface area contributed by atoms with Crippen molar-refractivity contribution in [3.63, 3.8) is 0 Å². The SMILES string of the molecule is COc1ccc(OC)c(NC(=O)c2ccc(-n3nnnc3SCc3ccc(F)cc3)cc2)c1. The van der Waals surface area contributed by atoms with Crippen molar-refractivity contribution in [3.8, 4) is 17.2 Å². The van der Waals surface area contributed by atoms with Crippen molar-refractivity contribution in [2.75, 3.05) is 19.5 Å². The van der Waals surface area contributed by atoms with Gasteiger partial charge in [-0.3, -0.25) is 4.79 Å². The zero-order valence-electron chi connectivity index (χ0n) is 17.9. The topological polar surface area (TPSA) is 91.2 Å². The first-order valence-electron chi connectivity index (χ1n) is 9.87. The summed E-state index contributed by atoms with van der Waals surface area (Å²) >= 11 is 1.43. The molecule has 3 aromatic carbocycles. The molecular weight excluding hydrogens is 445 g/mol. The number of thioether (sulfide) groups is 1. The summed E-state index contributed by atoms with van der Waals surface area (Å²) < 4.78 is 25.2. The van der Waals surface area contributed by atoms with Crippen LogP contribution < -0.4 is 14.8 Å². The molecule has 1 N–H and O–H groups in total. The first kappa shape index (κ1) is 22.3. The van der Waals surface area contributed by atoms with E-state index in [-0.39, 0.29) is 11.7 Å². The van der Waals surface area contributed by atoms with E-state index >= 15 is 0 Å². The van der Waals surface area contributed by atoms with Crippen LogP contribution in [0.15, 0.2) is 71.9 Å². The molecule has 0 saturated carbocycles. The van der Waals surface area contributed by atoms with Gasteiger partial charge in [-0.05, 0) is 64.5 Å². The molecule has 0 aliphatic carbocycles. The number of hydrogen-bond acceptors (Lipinski definition) is 7. The van der Waals surface area contributed by atoms with Gasteiger partial charge in [-0.1, -0.05) is 23.9 Å². The minimum Gasteiger partial charge on any atom is -0.497 e. The normalized spacial score (nSPS) is 10.6. The molecule has 168 valence electrons. The van der Waals surface area contributed by atoms with Gasteiger partial charge in [0.15, 0.2) is 0 Å². The number of methoxy groups -OCH3 is 2. The number of amides is 1. The maximum absolute atomic E-state index is 13.1. The molecule has 4 rings (SSSR count). The molecule has 0 saturated heterocycles. The summed E-state index contributed by atoms with van der Waals surface area (Å²) in [5, 5.41) is 15.3. The summed E-state index contributed by atoms with van der Waals surface area (Å²) in [5.41, 5.74) is 2.62. The number of nitrogens with zero attached hydrogens (tertiary/aromatic N) is 4. The number of nitrogens with one attached hydrogen (secondary N) is 1. The molecule has 0 bridgehead atoms. The van der Waals surface area contributed by atoms with Crippen molar-refractivity contribution in [2.24, 2.45) is 0 Å². The van der Waals surface area contributed by atoms with Gasteiger partial charge in [-0.15, -0.1) is 5.10 Å². The highest BCUT2D eigenvalue weighted by Crippen LogP contribution is 2.29. The Hall–Kier alpha value is -3.92. The third-order valence-electron chi connectivity index (χ3n) is 4.75. The van der Waals surface area contributed by atoms with Crippen molar-refractivity contribution >= 4 is 23.4 Å². The quantitative estimate of drug-likeness (QED) is 0.387. The van der Waals surface area contributed by atoms with Gasteiger partial charge in [-0.2, -0.15) is 4.68 Å². The Morgan fingerprint density at radius 2 is 1.79 bits per heavy atom. The molecular formula is C23H20FN5O3S. The van der Waals surface area contributed by atoms with E-state index in [0.29, 0.717) is 39.3 Å². The molecule has 0 unspecified atom stereocenters. The van der Waals surface area contributed by atoms with Crippen molar-refractivity contribution in [1.29, 1.82) is 0 Å². The highest BCUT2D eigenvalue weighted by Gasteiger charge is 2.13. The zero-order valence-corrected chi connectivity index (χ0v) is 18.7. The van der Waals surface area contributed by atoms with E-state index in [1.54, 1.807) is 66.4 Å². The second kappa shape index (κ2) is 10.1. The lowest BCUT2D eigenvalue weighted by atomic mass is 10.2. The van der Waals surface area contributed by atoms with Crippen LogP contribution in [0.2, 0.25) is 0 Å². The lowest BCUT2D eigenvalue weighted by Gasteiger charge is -2.12. The van der Waals surface area contributed by atoms with Crippen LogP contribution in [-0.2, 0) is 5.75 Å². The fourth-order valence-corrected chi connectivity index (χ4v) is 3.87. The molecule has 0 aliphatic rings. The molecule has 1 aromatic heterocycles. The third kappa shape index (κ3) is 5.29. The Labute approximate surface area is 193 Å². The van der Waals surface area contributed by atoms with Gasteiger partial charge in [0.05, 0.1) is 25.6 Å². The summed E-state index contributed by atoms with van der Waals surface area (Å²) in [4.78, 5) is 12.7. The Kier molecular flexibility index (Phi) is 6.84. The Morgan fingerprint density at radius 1 is 1.03 bits per heavy atom. The summed E-state index contributed by atoms with van der Waals surface area (Å²) in [6.07, 6.45) is 0. The fourth-order valence-electron chi connectivity index (χ4n) is 3.02. The molecule has 0 atom stereocenters. The number of anilines is 1. The number of tetrazole rings is 1. The maximum atomic E-state index is 13.1. The minimum atomic E-state index is -0.296.